The number of ketones is 2. The van der Waals surface area contributed by atoms with Crippen LogP contribution in [0.15, 0.2) is 11.6 Å². The summed E-state index contributed by atoms with van der Waals surface area (Å²) in [4.78, 5) is 24.1. The molecule has 0 spiro atoms. The molecular weight excluding hydrogens is 334 g/mol. The minimum absolute atomic E-state index is 0.0384. The van der Waals surface area contributed by atoms with E-state index in [-0.39, 0.29) is 35.4 Å². The number of hydrogen-bond donors (Lipinski definition) is 2. The van der Waals surface area contributed by atoms with Gasteiger partial charge in [-0.25, -0.2) is 4.39 Å². The molecule has 0 radical (unpaired) electrons. The van der Waals surface area contributed by atoms with Gasteiger partial charge in [-0.1, -0.05) is 19.4 Å². The Bertz CT molecular complexity index is 687. The van der Waals surface area contributed by atoms with Gasteiger partial charge in [0.1, 0.15) is 5.60 Å². The van der Waals surface area contributed by atoms with Crippen molar-refractivity contribution in [3.8, 4) is 0 Å². The quantitative estimate of drug-likeness (QED) is 0.791. The van der Waals surface area contributed by atoms with Crippen molar-refractivity contribution in [3.63, 3.8) is 0 Å². The summed E-state index contributed by atoms with van der Waals surface area (Å²) < 4.78 is 13.2. The molecule has 3 fully saturated rings. The van der Waals surface area contributed by atoms with E-state index in [1.54, 1.807) is 6.08 Å². The summed E-state index contributed by atoms with van der Waals surface area (Å²) in [6.45, 7) is 2.88. The van der Waals surface area contributed by atoms with E-state index in [4.69, 9.17) is 0 Å². The van der Waals surface area contributed by atoms with Gasteiger partial charge in [-0.3, -0.25) is 9.59 Å². The van der Waals surface area contributed by atoms with Crippen molar-refractivity contribution in [1.29, 1.82) is 0 Å². The van der Waals surface area contributed by atoms with Gasteiger partial charge in [0.15, 0.2) is 18.2 Å². The number of aliphatic hydroxyl groups is 2. The molecule has 0 aliphatic heterocycles. The van der Waals surface area contributed by atoms with Crippen LogP contribution in [0.1, 0.15) is 58.8 Å². The molecule has 4 nitrogen and oxygen atoms in total. The maximum atomic E-state index is 13.2. The molecule has 5 heteroatoms. The summed E-state index contributed by atoms with van der Waals surface area (Å²) in [5.74, 6) is -0.224. The van der Waals surface area contributed by atoms with E-state index in [0.29, 0.717) is 19.3 Å². The van der Waals surface area contributed by atoms with E-state index in [1.807, 2.05) is 6.92 Å². The number of carbonyl (C=O) groups excluding carboxylic acids is 2. The van der Waals surface area contributed by atoms with Crippen LogP contribution in [0.5, 0.6) is 0 Å². The molecule has 7 atom stereocenters. The van der Waals surface area contributed by atoms with Crippen LogP contribution in [-0.4, -0.2) is 40.2 Å². The third-order valence-corrected chi connectivity index (χ3v) is 8.63. The van der Waals surface area contributed by atoms with Crippen LogP contribution >= 0.6 is 0 Å². The normalized spacial score (nSPS) is 50.5. The molecule has 4 unspecified atom stereocenters. The molecule has 3 saturated carbocycles. The van der Waals surface area contributed by atoms with E-state index in [0.717, 1.165) is 24.8 Å². The summed E-state index contributed by atoms with van der Waals surface area (Å²) in [5, 5.41) is 22.2. The highest BCUT2D eigenvalue weighted by atomic mass is 18.2. The molecular formula is C21H29FO4. The molecule has 0 aromatic heterocycles. The maximum absolute atomic E-state index is 13.2. The van der Waals surface area contributed by atoms with Gasteiger partial charge in [0.05, 0.1) is 6.10 Å². The third kappa shape index (κ3) is 2.13. The zero-order valence-corrected chi connectivity index (χ0v) is 15.6. The molecule has 0 amide bonds. The average molecular weight is 363 g/mol. The van der Waals surface area contributed by atoms with Crippen molar-refractivity contribution < 1.29 is 24.2 Å². The van der Waals surface area contributed by atoms with Crippen LogP contribution in [-0.2, 0) is 9.59 Å². The first-order valence-corrected chi connectivity index (χ1v) is 9.91. The fraction of sp³-hybridized carbons (Fsp3) is 0.810. The Morgan fingerprint density at radius 3 is 2.69 bits per heavy atom. The predicted octanol–water partition coefficient (Wildman–Crippen LogP) is 2.76. The zero-order valence-electron chi connectivity index (χ0n) is 15.6. The molecule has 0 saturated heterocycles. The minimum atomic E-state index is -1.67. The summed E-state index contributed by atoms with van der Waals surface area (Å²) in [6.07, 6.45) is 5.39. The number of hydrogen-bond acceptors (Lipinski definition) is 4. The van der Waals surface area contributed by atoms with Gasteiger partial charge in [0.25, 0.3) is 0 Å². The Kier molecular flexibility index (Phi) is 4.02. The molecule has 0 aromatic carbocycles. The van der Waals surface area contributed by atoms with E-state index >= 15 is 0 Å². The third-order valence-electron chi connectivity index (χ3n) is 8.63. The highest BCUT2D eigenvalue weighted by molar-refractivity contribution is 5.91. The minimum Gasteiger partial charge on any atom is -0.393 e. The van der Waals surface area contributed by atoms with Crippen LogP contribution in [0.3, 0.4) is 0 Å². The Morgan fingerprint density at radius 2 is 2.00 bits per heavy atom. The Balaban J connectivity index is 1.74. The van der Waals surface area contributed by atoms with Crippen molar-refractivity contribution >= 4 is 11.6 Å². The smallest absolute Gasteiger partial charge is 0.195 e. The van der Waals surface area contributed by atoms with Crippen molar-refractivity contribution in [2.45, 2.75) is 70.5 Å². The summed E-state index contributed by atoms with van der Waals surface area (Å²) >= 11 is 0. The van der Waals surface area contributed by atoms with Crippen LogP contribution in [0, 0.1) is 28.6 Å². The molecule has 4 aliphatic rings. The van der Waals surface area contributed by atoms with E-state index in [1.165, 1.54) is 0 Å². The lowest BCUT2D eigenvalue weighted by Gasteiger charge is -2.60. The number of aliphatic hydroxyl groups excluding tert-OH is 1. The van der Waals surface area contributed by atoms with Crippen molar-refractivity contribution in [3.05, 3.63) is 11.6 Å². The van der Waals surface area contributed by atoms with Crippen molar-refractivity contribution in [1.82, 2.24) is 0 Å². The van der Waals surface area contributed by atoms with Crippen LogP contribution in [0.25, 0.3) is 0 Å². The lowest BCUT2D eigenvalue weighted by Crippen LogP contribution is -2.61. The van der Waals surface area contributed by atoms with Gasteiger partial charge in [0.2, 0.25) is 0 Å². The largest absolute Gasteiger partial charge is 0.393 e. The first kappa shape index (κ1) is 18.3. The number of carbonyl (C=O) groups is 2. The number of rotatable bonds is 2. The van der Waals surface area contributed by atoms with E-state index in [2.05, 4.69) is 6.92 Å². The number of allylic oxidation sites excluding steroid dienone is 1. The molecule has 26 heavy (non-hydrogen) atoms. The summed E-state index contributed by atoms with van der Waals surface area (Å²) in [5.41, 5.74) is -1.48. The average Bonchev–Trinajstić information content (AvgIpc) is 2.86. The first-order chi connectivity index (χ1) is 12.2. The van der Waals surface area contributed by atoms with E-state index in [9.17, 15) is 24.2 Å². The molecule has 4 rings (SSSR count). The first-order valence-electron chi connectivity index (χ1n) is 9.91. The second-order valence-corrected chi connectivity index (χ2v) is 9.53. The SMILES string of the molecule is C[C@]12CCC(=O)C=C1CCC1C2C(O)C[C@@]2(C)C1CC[C@]2(O)C(=O)C[18F]. The standard InChI is InChI=1S/C21H29FO4/c1-19-7-5-13(23)9-12(19)3-4-14-15-6-8-21(26,17(25)11-22)20(15,2)10-16(24)18(14)19/h9,14-16,18,24,26H,3-8,10-11H2,1-2H3/t14?,15?,16?,18?,19-,20-,21-/m0/s1/i22-1. The second-order valence-electron chi connectivity index (χ2n) is 9.53. The van der Waals surface area contributed by atoms with Crippen molar-refractivity contribution in [2.75, 3.05) is 6.67 Å². The van der Waals surface area contributed by atoms with Crippen molar-refractivity contribution in [2.24, 2.45) is 28.6 Å². The Labute approximate surface area is 153 Å². The van der Waals surface area contributed by atoms with Crippen LogP contribution in [0.4, 0.5) is 4.39 Å². The van der Waals surface area contributed by atoms with Gasteiger partial charge < -0.3 is 10.2 Å². The summed E-state index contributed by atoms with van der Waals surface area (Å²) in [7, 11) is 0. The molecule has 2 N–H and O–H groups in total. The highest BCUT2D eigenvalue weighted by Gasteiger charge is 2.68. The van der Waals surface area contributed by atoms with Gasteiger partial charge in [-0.2, -0.15) is 0 Å². The van der Waals surface area contributed by atoms with E-state index < -0.39 is 29.6 Å². The maximum Gasteiger partial charge on any atom is 0.195 e. The topological polar surface area (TPSA) is 74.6 Å². The Morgan fingerprint density at radius 1 is 1.27 bits per heavy atom. The fourth-order valence-electron chi connectivity index (χ4n) is 7.26. The lowest BCUT2D eigenvalue weighted by atomic mass is 9.45. The number of alkyl halides is 1. The molecule has 0 bridgehead atoms. The van der Waals surface area contributed by atoms with Gasteiger partial charge in [-0.05, 0) is 67.8 Å². The van der Waals surface area contributed by atoms with Gasteiger partial charge in [0, 0.05) is 11.8 Å². The number of Topliss-reactive ketones (excluding diaryl/α,β-unsaturated/α-hetero) is 1. The Hall–Kier alpha value is -1.07. The number of fused-ring (bicyclic) bond motifs is 5. The molecule has 144 valence electrons. The van der Waals surface area contributed by atoms with Gasteiger partial charge >= 0.3 is 0 Å². The second kappa shape index (κ2) is 5.71. The predicted molar refractivity (Wildman–Crippen MR) is 94.0 cm³/mol. The fourth-order valence-corrected chi connectivity index (χ4v) is 7.26. The zero-order chi connectivity index (χ0) is 18.9. The molecule has 0 aromatic rings. The van der Waals surface area contributed by atoms with Crippen LogP contribution < -0.4 is 0 Å². The summed E-state index contributed by atoms with van der Waals surface area (Å²) in [6, 6.07) is 0. The molecule has 0 heterocycles. The number of halogens is 1. The van der Waals surface area contributed by atoms with Gasteiger partial charge in [-0.15, -0.1) is 0 Å². The van der Waals surface area contributed by atoms with Crippen LogP contribution in [0.2, 0.25) is 0 Å². The highest BCUT2D eigenvalue weighted by Crippen LogP contribution is 2.67. The molecule has 4 aliphatic carbocycles. The monoisotopic (exact) mass is 363 g/mol. The lowest BCUT2D eigenvalue weighted by molar-refractivity contribution is -0.181.